The molecule has 0 saturated carbocycles. The quantitative estimate of drug-likeness (QED) is 0.421. The number of rotatable bonds is 11. The number of thioether (sulfide) groups is 1. The Hall–Kier alpha value is -1.26. The highest BCUT2D eigenvalue weighted by Crippen LogP contribution is 2.55. The molecule has 2 fully saturated rings. The second kappa shape index (κ2) is 10.2. The molecule has 0 aliphatic carbocycles. The predicted octanol–water partition coefficient (Wildman–Crippen LogP) is 5.30. The first-order chi connectivity index (χ1) is 12.7. The van der Waals surface area contributed by atoms with Crippen molar-refractivity contribution in [3.63, 3.8) is 0 Å². The van der Waals surface area contributed by atoms with Gasteiger partial charge in [-0.05, 0) is 55.9 Å². The normalized spacial score (nSPS) is 27.4. The maximum atomic E-state index is 10.5. The molecule has 1 aromatic rings. The number of allylic oxidation sites excluding steroid dienone is 2. The predicted molar refractivity (Wildman–Crippen MR) is 107 cm³/mol. The van der Waals surface area contributed by atoms with E-state index >= 15 is 0 Å². The van der Waals surface area contributed by atoms with Crippen LogP contribution in [-0.4, -0.2) is 28.2 Å². The van der Waals surface area contributed by atoms with Crippen LogP contribution in [0.25, 0.3) is 0 Å². The summed E-state index contributed by atoms with van der Waals surface area (Å²) in [7, 11) is 0. The van der Waals surface area contributed by atoms with Crippen LogP contribution in [0.15, 0.2) is 42.5 Å². The Morgan fingerprint density at radius 1 is 1.15 bits per heavy atom. The average molecular weight is 375 g/mol. The largest absolute Gasteiger partial charge is 0.481 e. The highest BCUT2D eigenvalue weighted by Gasteiger charge is 2.46. The Labute approximate surface area is 161 Å². The lowest BCUT2D eigenvalue weighted by Gasteiger charge is -2.29. The standard InChI is InChI=1S/C22H30O3S/c23-22(24)11-7-2-1-6-10-18-19(21-13-12-20(18)26-21)14-15-25-16-17-8-4-3-5-9-17/h1,3-6,8-9,18-21H,2,7,10-16H2,(H,23,24)/t18-,19+,20-,21+/m1/s1. The molecule has 0 radical (unpaired) electrons. The zero-order chi connectivity index (χ0) is 18.2. The molecule has 4 atom stereocenters. The van der Waals surface area contributed by atoms with E-state index in [2.05, 4.69) is 48.2 Å². The molecule has 26 heavy (non-hydrogen) atoms. The lowest BCUT2D eigenvalue weighted by atomic mass is 9.76. The number of hydrogen-bond donors (Lipinski definition) is 1. The monoisotopic (exact) mass is 374 g/mol. The van der Waals surface area contributed by atoms with Gasteiger partial charge in [-0.2, -0.15) is 11.8 Å². The van der Waals surface area contributed by atoms with Gasteiger partial charge in [-0.25, -0.2) is 0 Å². The Morgan fingerprint density at radius 3 is 2.69 bits per heavy atom. The van der Waals surface area contributed by atoms with Crippen LogP contribution in [-0.2, 0) is 16.1 Å². The molecule has 2 saturated heterocycles. The highest BCUT2D eigenvalue weighted by molar-refractivity contribution is 8.01. The van der Waals surface area contributed by atoms with Gasteiger partial charge in [0.15, 0.2) is 0 Å². The number of carbonyl (C=O) groups is 1. The molecule has 2 bridgehead atoms. The fraction of sp³-hybridized carbons (Fsp3) is 0.591. The van der Waals surface area contributed by atoms with Crippen molar-refractivity contribution < 1.29 is 14.6 Å². The van der Waals surface area contributed by atoms with E-state index < -0.39 is 5.97 Å². The number of hydrogen-bond acceptors (Lipinski definition) is 3. The minimum atomic E-state index is -0.696. The van der Waals surface area contributed by atoms with Crippen molar-refractivity contribution in [2.24, 2.45) is 11.8 Å². The van der Waals surface area contributed by atoms with Crippen molar-refractivity contribution in [2.75, 3.05) is 6.61 Å². The van der Waals surface area contributed by atoms with Crippen LogP contribution < -0.4 is 0 Å². The van der Waals surface area contributed by atoms with Gasteiger partial charge in [0, 0.05) is 23.5 Å². The molecule has 2 aliphatic rings. The number of aliphatic carboxylic acids is 1. The molecule has 1 N–H and O–H groups in total. The second-order valence-corrected chi connectivity index (χ2v) is 8.92. The summed E-state index contributed by atoms with van der Waals surface area (Å²) in [5.41, 5.74) is 1.25. The Bertz CT molecular complexity index is 586. The molecule has 0 spiro atoms. The van der Waals surface area contributed by atoms with E-state index in [1.54, 1.807) is 0 Å². The fourth-order valence-electron chi connectivity index (χ4n) is 4.32. The van der Waals surface area contributed by atoms with Crippen molar-refractivity contribution in [2.45, 2.75) is 62.1 Å². The third-order valence-corrected chi connectivity index (χ3v) is 7.50. The SMILES string of the molecule is O=C(O)CCCC=CC[C@@H]1[C@H](CCOCc2ccccc2)[C@@H]2CC[C@H]1S2. The van der Waals surface area contributed by atoms with Crippen molar-refractivity contribution in [1.29, 1.82) is 0 Å². The van der Waals surface area contributed by atoms with Crippen molar-refractivity contribution in [3.8, 4) is 0 Å². The molecule has 2 aliphatic heterocycles. The number of unbranched alkanes of at least 4 members (excludes halogenated alkanes) is 1. The van der Waals surface area contributed by atoms with E-state index in [4.69, 9.17) is 9.84 Å². The topological polar surface area (TPSA) is 46.5 Å². The Kier molecular flexibility index (Phi) is 7.63. The van der Waals surface area contributed by atoms with Crippen LogP contribution >= 0.6 is 11.8 Å². The molecule has 1 aromatic carbocycles. The van der Waals surface area contributed by atoms with E-state index in [1.165, 1.54) is 24.8 Å². The third kappa shape index (κ3) is 5.62. The number of benzene rings is 1. The summed E-state index contributed by atoms with van der Waals surface area (Å²) in [5.74, 6) is 0.853. The van der Waals surface area contributed by atoms with Crippen molar-refractivity contribution in [3.05, 3.63) is 48.0 Å². The van der Waals surface area contributed by atoms with Crippen LogP contribution in [0.5, 0.6) is 0 Å². The molecule has 4 heteroatoms. The van der Waals surface area contributed by atoms with Gasteiger partial charge in [-0.15, -0.1) is 0 Å². The van der Waals surface area contributed by atoms with Gasteiger partial charge >= 0.3 is 5.97 Å². The van der Waals surface area contributed by atoms with Crippen LogP contribution in [0.2, 0.25) is 0 Å². The number of fused-ring (bicyclic) bond motifs is 2. The first-order valence-corrected chi connectivity index (χ1v) is 10.8. The third-order valence-electron chi connectivity index (χ3n) is 5.63. The number of carboxylic acids is 1. The zero-order valence-electron chi connectivity index (χ0n) is 15.4. The van der Waals surface area contributed by atoms with Crippen LogP contribution in [0.4, 0.5) is 0 Å². The Morgan fingerprint density at radius 2 is 1.92 bits per heavy atom. The van der Waals surface area contributed by atoms with Gasteiger partial charge in [0.2, 0.25) is 0 Å². The molecular formula is C22H30O3S. The smallest absolute Gasteiger partial charge is 0.303 e. The molecule has 0 unspecified atom stereocenters. The molecular weight excluding hydrogens is 344 g/mol. The van der Waals surface area contributed by atoms with Gasteiger partial charge in [0.25, 0.3) is 0 Å². The first kappa shape index (κ1) is 19.5. The summed E-state index contributed by atoms with van der Waals surface area (Å²) < 4.78 is 5.93. The van der Waals surface area contributed by atoms with Gasteiger partial charge in [0.1, 0.15) is 0 Å². The minimum absolute atomic E-state index is 0.274. The molecule has 0 amide bonds. The van der Waals surface area contributed by atoms with Crippen LogP contribution in [0.3, 0.4) is 0 Å². The van der Waals surface area contributed by atoms with Gasteiger partial charge in [0.05, 0.1) is 6.61 Å². The number of carboxylic acid groups (broad SMARTS) is 1. The van der Waals surface area contributed by atoms with E-state index in [0.717, 1.165) is 48.2 Å². The summed E-state index contributed by atoms with van der Waals surface area (Å²) in [6.45, 7) is 1.56. The lowest BCUT2D eigenvalue weighted by Crippen LogP contribution is -2.27. The average Bonchev–Trinajstić information content (AvgIpc) is 3.24. The van der Waals surface area contributed by atoms with E-state index in [1.807, 2.05) is 6.07 Å². The summed E-state index contributed by atoms with van der Waals surface area (Å²) in [6, 6.07) is 10.4. The van der Waals surface area contributed by atoms with Crippen molar-refractivity contribution >= 4 is 17.7 Å². The van der Waals surface area contributed by atoms with Gasteiger partial charge in [-0.3, -0.25) is 4.79 Å². The van der Waals surface area contributed by atoms with E-state index in [-0.39, 0.29) is 6.42 Å². The van der Waals surface area contributed by atoms with E-state index in [0.29, 0.717) is 6.61 Å². The van der Waals surface area contributed by atoms with Gasteiger partial charge < -0.3 is 9.84 Å². The van der Waals surface area contributed by atoms with Crippen molar-refractivity contribution in [1.82, 2.24) is 0 Å². The van der Waals surface area contributed by atoms with Crippen LogP contribution in [0, 0.1) is 11.8 Å². The first-order valence-electron chi connectivity index (χ1n) is 9.88. The molecule has 3 rings (SSSR count). The lowest BCUT2D eigenvalue weighted by molar-refractivity contribution is -0.137. The molecule has 3 nitrogen and oxygen atoms in total. The van der Waals surface area contributed by atoms with E-state index in [9.17, 15) is 4.79 Å². The second-order valence-electron chi connectivity index (χ2n) is 7.44. The maximum absolute atomic E-state index is 10.5. The number of ether oxygens (including phenoxy) is 1. The summed E-state index contributed by atoms with van der Waals surface area (Å²) in [4.78, 5) is 10.5. The molecule has 2 heterocycles. The summed E-state index contributed by atoms with van der Waals surface area (Å²) in [5, 5.41) is 10.3. The fourth-order valence-corrected chi connectivity index (χ4v) is 6.37. The molecule has 142 valence electrons. The zero-order valence-corrected chi connectivity index (χ0v) is 16.2. The highest BCUT2D eigenvalue weighted by atomic mass is 32.2. The Balaban J connectivity index is 1.39. The summed E-state index contributed by atoms with van der Waals surface area (Å²) >= 11 is 2.21. The van der Waals surface area contributed by atoms with Gasteiger partial charge in [-0.1, -0.05) is 42.5 Å². The van der Waals surface area contributed by atoms with Crippen LogP contribution in [0.1, 0.15) is 50.5 Å². The summed E-state index contributed by atoms with van der Waals surface area (Å²) in [6.07, 6.45) is 11.4. The molecule has 0 aromatic heterocycles. The minimum Gasteiger partial charge on any atom is -0.481 e. The maximum Gasteiger partial charge on any atom is 0.303 e.